The van der Waals surface area contributed by atoms with E-state index in [1.54, 1.807) is 33.0 Å². The third-order valence-electron chi connectivity index (χ3n) is 4.45. The molecular formula is C21H21FN2O3S2. The minimum absolute atomic E-state index is 0.186. The van der Waals surface area contributed by atoms with Gasteiger partial charge in [-0.3, -0.25) is 10.1 Å². The Labute approximate surface area is 173 Å². The van der Waals surface area contributed by atoms with Gasteiger partial charge in [0.25, 0.3) is 5.91 Å². The van der Waals surface area contributed by atoms with Crippen molar-refractivity contribution in [2.45, 2.75) is 37.3 Å². The first-order valence-electron chi connectivity index (χ1n) is 9.02. The summed E-state index contributed by atoms with van der Waals surface area (Å²) in [5.41, 5.74) is 1.76. The summed E-state index contributed by atoms with van der Waals surface area (Å²) in [5, 5.41) is 2.61. The summed E-state index contributed by atoms with van der Waals surface area (Å²) in [5.74, 6) is -0.621. The molecule has 0 aliphatic carbocycles. The molecule has 0 saturated carbocycles. The van der Waals surface area contributed by atoms with E-state index >= 15 is 0 Å². The minimum atomic E-state index is -3.38. The summed E-state index contributed by atoms with van der Waals surface area (Å²) in [6.45, 7) is 4.94. The van der Waals surface area contributed by atoms with Crippen LogP contribution >= 0.6 is 11.3 Å². The molecule has 0 spiro atoms. The van der Waals surface area contributed by atoms with Gasteiger partial charge in [-0.25, -0.2) is 17.8 Å². The molecule has 0 saturated heterocycles. The van der Waals surface area contributed by atoms with E-state index in [9.17, 15) is 17.6 Å². The number of anilines is 1. The number of benzene rings is 2. The van der Waals surface area contributed by atoms with Crippen LogP contribution in [0.3, 0.4) is 0 Å². The van der Waals surface area contributed by atoms with Crippen molar-refractivity contribution in [2.75, 3.05) is 5.32 Å². The number of nitrogens with zero attached hydrogens (tertiary/aromatic N) is 1. The lowest BCUT2D eigenvalue weighted by atomic mass is 10.1. The van der Waals surface area contributed by atoms with Crippen LogP contribution in [-0.2, 0) is 16.3 Å². The molecule has 3 rings (SSSR count). The van der Waals surface area contributed by atoms with Gasteiger partial charge < -0.3 is 0 Å². The number of thiazole rings is 1. The van der Waals surface area contributed by atoms with Crippen molar-refractivity contribution >= 4 is 32.2 Å². The molecule has 0 unspecified atom stereocenters. The van der Waals surface area contributed by atoms with Crippen LogP contribution in [0, 0.1) is 12.7 Å². The van der Waals surface area contributed by atoms with Crippen molar-refractivity contribution in [2.24, 2.45) is 0 Å². The van der Waals surface area contributed by atoms with E-state index in [1.165, 1.54) is 41.7 Å². The fourth-order valence-electron chi connectivity index (χ4n) is 2.63. The molecule has 0 fully saturated rings. The van der Waals surface area contributed by atoms with Gasteiger partial charge in [0.05, 0.1) is 10.1 Å². The molecule has 0 aliphatic rings. The molecular weight excluding hydrogens is 411 g/mol. The molecule has 0 atom stereocenters. The number of hydrogen-bond acceptors (Lipinski definition) is 5. The molecule has 1 heterocycles. The lowest BCUT2D eigenvalue weighted by Crippen LogP contribution is -2.15. The van der Waals surface area contributed by atoms with Gasteiger partial charge in [-0.15, -0.1) is 11.3 Å². The molecule has 8 heteroatoms. The van der Waals surface area contributed by atoms with E-state index in [-0.39, 0.29) is 16.6 Å². The van der Waals surface area contributed by atoms with E-state index in [0.717, 1.165) is 10.4 Å². The second-order valence-corrected chi connectivity index (χ2v) is 10.6. The average molecular weight is 433 g/mol. The molecule has 3 aromatic rings. The van der Waals surface area contributed by atoms with Gasteiger partial charge in [0.1, 0.15) is 5.82 Å². The molecule has 5 nitrogen and oxygen atoms in total. The van der Waals surface area contributed by atoms with Crippen molar-refractivity contribution in [1.82, 2.24) is 4.98 Å². The van der Waals surface area contributed by atoms with Crippen LogP contribution in [0.4, 0.5) is 9.52 Å². The zero-order chi connectivity index (χ0) is 21.2. The molecule has 1 N–H and O–H groups in total. The highest BCUT2D eigenvalue weighted by atomic mass is 32.2. The Balaban J connectivity index is 1.68. The number of hydrogen-bond donors (Lipinski definition) is 1. The smallest absolute Gasteiger partial charge is 0.257 e. The number of amides is 1. The average Bonchev–Trinajstić information content (AvgIpc) is 3.11. The van der Waals surface area contributed by atoms with Crippen molar-refractivity contribution in [3.05, 3.63) is 76.0 Å². The number of sulfone groups is 1. The molecule has 1 amide bonds. The molecule has 2 aromatic carbocycles. The van der Waals surface area contributed by atoms with E-state index < -0.39 is 15.1 Å². The maximum absolute atomic E-state index is 13.7. The quantitative estimate of drug-likeness (QED) is 0.617. The number of nitrogens with one attached hydrogen (secondary N) is 1. The summed E-state index contributed by atoms with van der Waals surface area (Å²) in [7, 11) is -3.38. The maximum atomic E-state index is 13.7. The lowest BCUT2D eigenvalue weighted by molar-refractivity contribution is 0.102. The Kier molecular flexibility index (Phi) is 6.14. The van der Waals surface area contributed by atoms with Crippen LogP contribution in [0.2, 0.25) is 0 Å². The third-order valence-corrected chi connectivity index (χ3v) is 7.54. The van der Waals surface area contributed by atoms with Crippen molar-refractivity contribution in [3.63, 3.8) is 0 Å². The fourth-order valence-corrected chi connectivity index (χ4v) is 4.53. The van der Waals surface area contributed by atoms with E-state index in [0.29, 0.717) is 22.7 Å². The Morgan fingerprint density at radius 1 is 1.17 bits per heavy atom. The molecule has 0 radical (unpaired) electrons. The molecule has 29 heavy (non-hydrogen) atoms. The summed E-state index contributed by atoms with van der Waals surface area (Å²) in [6, 6.07) is 10.9. The Morgan fingerprint density at radius 2 is 1.86 bits per heavy atom. The highest BCUT2D eigenvalue weighted by Gasteiger charge is 2.19. The summed E-state index contributed by atoms with van der Waals surface area (Å²) < 4.78 is 38.0. The zero-order valence-electron chi connectivity index (χ0n) is 16.3. The first-order chi connectivity index (χ1) is 13.7. The van der Waals surface area contributed by atoms with E-state index in [2.05, 4.69) is 10.3 Å². The SMILES string of the molecule is Cc1ccc(Cc2cnc(NC(=O)c3ccc(S(=O)(=O)C(C)C)cc3)s2)cc1F. The van der Waals surface area contributed by atoms with Gasteiger partial charge in [-0.05, 0) is 62.2 Å². The monoisotopic (exact) mass is 432 g/mol. The second kappa shape index (κ2) is 8.42. The number of aryl methyl sites for hydroxylation is 1. The van der Waals surface area contributed by atoms with Gasteiger partial charge in [-0.1, -0.05) is 12.1 Å². The number of halogens is 1. The predicted octanol–water partition coefficient (Wildman–Crippen LogP) is 4.62. The maximum Gasteiger partial charge on any atom is 0.257 e. The summed E-state index contributed by atoms with van der Waals surface area (Å²) >= 11 is 1.31. The zero-order valence-corrected chi connectivity index (χ0v) is 17.9. The first kappa shape index (κ1) is 21.1. The summed E-state index contributed by atoms with van der Waals surface area (Å²) in [6.07, 6.45) is 2.17. The highest BCUT2D eigenvalue weighted by Crippen LogP contribution is 2.23. The van der Waals surface area contributed by atoms with Crippen molar-refractivity contribution in [1.29, 1.82) is 0 Å². The van der Waals surface area contributed by atoms with Crippen LogP contribution in [0.15, 0.2) is 53.6 Å². The summed E-state index contributed by atoms with van der Waals surface area (Å²) in [4.78, 5) is 17.7. The van der Waals surface area contributed by atoms with Gasteiger partial charge in [0.2, 0.25) is 0 Å². The van der Waals surface area contributed by atoms with E-state index in [1.807, 2.05) is 6.07 Å². The fraction of sp³-hybridized carbons (Fsp3) is 0.238. The Morgan fingerprint density at radius 3 is 2.48 bits per heavy atom. The van der Waals surface area contributed by atoms with Gasteiger partial charge >= 0.3 is 0 Å². The number of rotatable bonds is 6. The van der Waals surface area contributed by atoms with Crippen LogP contribution in [0.5, 0.6) is 0 Å². The largest absolute Gasteiger partial charge is 0.298 e. The van der Waals surface area contributed by atoms with Crippen molar-refractivity contribution < 1.29 is 17.6 Å². The minimum Gasteiger partial charge on any atom is -0.298 e. The van der Waals surface area contributed by atoms with Crippen LogP contribution in [0.1, 0.15) is 40.2 Å². The van der Waals surface area contributed by atoms with Crippen LogP contribution < -0.4 is 5.32 Å². The highest BCUT2D eigenvalue weighted by molar-refractivity contribution is 7.92. The predicted molar refractivity (Wildman–Crippen MR) is 113 cm³/mol. The lowest BCUT2D eigenvalue weighted by Gasteiger charge is -2.08. The van der Waals surface area contributed by atoms with Crippen LogP contribution in [0.25, 0.3) is 0 Å². The van der Waals surface area contributed by atoms with Gasteiger partial charge in [-0.2, -0.15) is 0 Å². The Hall–Kier alpha value is -2.58. The number of carbonyl (C=O) groups excluding carboxylic acids is 1. The molecule has 0 bridgehead atoms. The van der Waals surface area contributed by atoms with E-state index in [4.69, 9.17) is 0 Å². The van der Waals surface area contributed by atoms with Gasteiger partial charge in [0, 0.05) is 23.1 Å². The topological polar surface area (TPSA) is 76.1 Å². The molecule has 1 aromatic heterocycles. The second-order valence-electron chi connectivity index (χ2n) is 6.96. The third kappa shape index (κ3) is 4.89. The molecule has 152 valence electrons. The van der Waals surface area contributed by atoms with Gasteiger partial charge in [0.15, 0.2) is 15.0 Å². The Bertz CT molecular complexity index is 1140. The number of aromatic nitrogens is 1. The normalized spacial score (nSPS) is 11.6. The van der Waals surface area contributed by atoms with Crippen molar-refractivity contribution in [3.8, 4) is 0 Å². The van der Waals surface area contributed by atoms with Crippen LogP contribution in [-0.4, -0.2) is 24.6 Å². The number of carbonyl (C=O) groups is 1. The first-order valence-corrected chi connectivity index (χ1v) is 11.4. The standard InChI is InChI=1S/C21H21FN2O3S2/c1-13(2)29(26,27)18-8-6-16(7-9-18)20(25)24-21-23-12-17(28-21)10-15-5-4-14(3)19(22)11-15/h4-9,11-13H,10H2,1-3H3,(H,23,24,25). The molecule has 0 aliphatic heterocycles.